The SMILES string of the molecule is CC(=O)c1csc(NS(=O)(=O)c2ccn[nH]2)n1. The molecule has 0 aliphatic heterocycles. The zero-order valence-electron chi connectivity index (χ0n) is 8.67. The molecule has 0 saturated carbocycles. The van der Waals surface area contributed by atoms with E-state index in [-0.39, 0.29) is 21.6 Å². The van der Waals surface area contributed by atoms with E-state index in [0.29, 0.717) is 0 Å². The van der Waals surface area contributed by atoms with Gasteiger partial charge in [-0.1, -0.05) is 0 Å². The maximum atomic E-state index is 11.7. The van der Waals surface area contributed by atoms with Crippen molar-refractivity contribution in [1.82, 2.24) is 15.2 Å². The van der Waals surface area contributed by atoms with Gasteiger partial charge in [-0.05, 0) is 6.07 Å². The first-order valence-corrected chi connectivity index (χ1v) is 6.84. The van der Waals surface area contributed by atoms with Crippen LogP contribution in [0.2, 0.25) is 0 Å². The molecule has 0 radical (unpaired) electrons. The lowest BCUT2D eigenvalue weighted by molar-refractivity contribution is 0.101. The Morgan fingerprint density at radius 2 is 2.29 bits per heavy atom. The average molecular weight is 272 g/mol. The van der Waals surface area contributed by atoms with Gasteiger partial charge in [0.1, 0.15) is 5.69 Å². The topological polar surface area (TPSA) is 105 Å². The Kier molecular flexibility index (Phi) is 2.94. The van der Waals surface area contributed by atoms with E-state index in [9.17, 15) is 13.2 Å². The summed E-state index contributed by atoms with van der Waals surface area (Å²) in [5.41, 5.74) is 0.234. The summed E-state index contributed by atoms with van der Waals surface area (Å²) in [5, 5.41) is 7.46. The van der Waals surface area contributed by atoms with E-state index in [1.54, 1.807) is 0 Å². The smallest absolute Gasteiger partial charge is 0.280 e. The third kappa shape index (κ3) is 2.50. The van der Waals surface area contributed by atoms with E-state index in [2.05, 4.69) is 19.9 Å². The molecule has 90 valence electrons. The first-order valence-electron chi connectivity index (χ1n) is 4.48. The molecule has 2 aromatic heterocycles. The summed E-state index contributed by atoms with van der Waals surface area (Å²) in [6, 6.07) is 1.32. The van der Waals surface area contributed by atoms with Gasteiger partial charge in [0.25, 0.3) is 10.0 Å². The number of carbonyl (C=O) groups is 1. The summed E-state index contributed by atoms with van der Waals surface area (Å²) in [7, 11) is -3.71. The molecule has 7 nitrogen and oxygen atoms in total. The Balaban J connectivity index is 2.24. The second-order valence-electron chi connectivity index (χ2n) is 3.12. The molecule has 0 unspecified atom stereocenters. The fraction of sp³-hybridized carbons (Fsp3) is 0.125. The quantitative estimate of drug-likeness (QED) is 0.803. The lowest BCUT2D eigenvalue weighted by Gasteiger charge is -2.00. The lowest BCUT2D eigenvalue weighted by Crippen LogP contribution is -2.13. The van der Waals surface area contributed by atoms with Crippen LogP contribution in [0.25, 0.3) is 0 Å². The average Bonchev–Trinajstić information content (AvgIpc) is 2.85. The number of rotatable bonds is 4. The highest BCUT2D eigenvalue weighted by molar-refractivity contribution is 7.92. The van der Waals surface area contributed by atoms with Gasteiger partial charge in [0.05, 0.1) is 6.20 Å². The van der Waals surface area contributed by atoms with Gasteiger partial charge < -0.3 is 0 Å². The minimum absolute atomic E-state index is 0.0583. The largest absolute Gasteiger partial charge is 0.293 e. The number of nitrogens with zero attached hydrogens (tertiary/aromatic N) is 2. The molecule has 0 spiro atoms. The van der Waals surface area contributed by atoms with Crippen LogP contribution in [0.1, 0.15) is 17.4 Å². The molecular weight excluding hydrogens is 264 g/mol. The van der Waals surface area contributed by atoms with Crippen molar-refractivity contribution >= 4 is 32.3 Å². The van der Waals surface area contributed by atoms with E-state index in [4.69, 9.17) is 0 Å². The number of aromatic nitrogens is 3. The van der Waals surface area contributed by atoms with Crippen molar-refractivity contribution in [2.24, 2.45) is 0 Å². The van der Waals surface area contributed by atoms with E-state index < -0.39 is 10.0 Å². The number of thiazole rings is 1. The normalized spacial score (nSPS) is 11.4. The van der Waals surface area contributed by atoms with Gasteiger partial charge in [0.15, 0.2) is 15.9 Å². The number of hydrogen-bond donors (Lipinski definition) is 2. The molecule has 2 heterocycles. The summed E-state index contributed by atoms with van der Waals surface area (Å²) < 4.78 is 25.7. The summed E-state index contributed by atoms with van der Waals surface area (Å²) >= 11 is 1.05. The van der Waals surface area contributed by atoms with E-state index in [0.717, 1.165) is 11.3 Å². The Labute approximate surface area is 101 Å². The first kappa shape index (κ1) is 11.7. The maximum Gasteiger partial charge on any atom is 0.280 e. The fourth-order valence-electron chi connectivity index (χ4n) is 1.05. The van der Waals surface area contributed by atoms with Gasteiger partial charge in [-0.3, -0.25) is 14.6 Å². The van der Waals surface area contributed by atoms with Crippen LogP contribution in [0.3, 0.4) is 0 Å². The zero-order valence-corrected chi connectivity index (χ0v) is 10.3. The molecule has 0 bridgehead atoms. The van der Waals surface area contributed by atoms with Crippen LogP contribution in [0.4, 0.5) is 5.13 Å². The predicted octanol–water partition coefficient (Wildman–Crippen LogP) is 0.870. The monoisotopic (exact) mass is 272 g/mol. The Hall–Kier alpha value is -1.74. The number of hydrogen-bond acceptors (Lipinski definition) is 6. The van der Waals surface area contributed by atoms with E-state index in [1.165, 1.54) is 24.6 Å². The Bertz CT molecular complexity index is 630. The van der Waals surface area contributed by atoms with Crippen LogP contribution in [0.5, 0.6) is 0 Å². The summed E-state index contributed by atoms with van der Waals surface area (Å²) in [5.74, 6) is -0.215. The number of aromatic amines is 1. The third-order valence-corrected chi connectivity index (χ3v) is 4.01. The molecule has 2 rings (SSSR count). The molecule has 2 N–H and O–H groups in total. The second kappa shape index (κ2) is 4.26. The zero-order chi connectivity index (χ0) is 12.5. The van der Waals surface area contributed by atoms with Crippen LogP contribution in [-0.4, -0.2) is 29.4 Å². The summed E-state index contributed by atoms with van der Waals surface area (Å²) in [4.78, 5) is 14.9. The Morgan fingerprint density at radius 3 is 2.82 bits per heavy atom. The predicted molar refractivity (Wildman–Crippen MR) is 61.5 cm³/mol. The molecule has 0 atom stereocenters. The van der Waals surface area contributed by atoms with Gasteiger partial charge in [-0.2, -0.15) is 13.5 Å². The summed E-state index contributed by atoms with van der Waals surface area (Å²) in [6.07, 6.45) is 1.33. The molecule has 0 amide bonds. The van der Waals surface area contributed by atoms with Crippen molar-refractivity contribution in [2.45, 2.75) is 11.9 Å². The molecule has 0 aliphatic rings. The number of sulfonamides is 1. The third-order valence-electron chi connectivity index (χ3n) is 1.85. The van der Waals surface area contributed by atoms with Gasteiger partial charge in [-0.15, -0.1) is 11.3 Å². The lowest BCUT2D eigenvalue weighted by atomic mass is 10.4. The minimum Gasteiger partial charge on any atom is -0.293 e. The molecule has 0 aromatic carbocycles. The van der Waals surface area contributed by atoms with Gasteiger partial charge in [0.2, 0.25) is 0 Å². The number of carbonyl (C=O) groups excluding carboxylic acids is 1. The highest BCUT2D eigenvalue weighted by atomic mass is 32.2. The molecule has 0 saturated heterocycles. The van der Waals surface area contributed by atoms with Crippen molar-refractivity contribution in [2.75, 3.05) is 4.72 Å². The van der Waals surface area contributed by atoms with Crippen LogP contribution in [0.15, 0.2) is 22.7 Å². The summed E-state index contributed by atoms with van der Waals surface area (Å²) in [6.45, 7) is 1.36. The standard InChI is InChI=1S/C8H8N4O3S2/c1-5(13)6-4-16-8(10-6)12-17(14,15)7-2-3-9-11-7/h2-4H,1H3,(H,9,11)(H,10,12). The first-order chi connectivity index (χ1) is 7.99. The second-order valence-corrected chi connectivity index (χ2v) is 5.63. The number of H-pyrrole nitrogens is 1. The molecule has 2 aromatic rings. The maximum absolute atomic E-state index is 11.7. The minimum atomic E-state index is -3.71. The van der Waals surface area contributed by atoms with Gasteiger partial charge >= 0.3 is 0 Å². The van der Waals surface area contributed by atoms with E-state index in [1.807, 2.05) is 0 Å². The van der Waals surface area contributed by atoms with Crippen molar-refractivity contribution in [3.05, 3.63) is 23.3 Å². The van der Waals surface area contributed by atoms with Crippen LogP contribution < -0.4 is 4.72 Å². The number of Topliss-reactive ketones (excluding diaryl/α,β-unsaturated/α-hetero) is 1. The van der Waals surface area contributed by atoms with Crippen LogP contribution in [0, 0.1) is 0 Å². The molecule has 0 fully saturated rings. The molecule has 0 aliphatic carbocycles. The van der Waals surface area contributed by atoms with Crippen molar-refractivity contribution in [1.29, 1.82) is 0 Å². The van der Waals surface area contributed by atoms with Crippen molar-refractivity contribution < 1.29 is 13.2 Å². The molecular formula is C8H8N4O3S2. The highest BCUT2D eigenvalue weighted by Crippen LogP contribution is 2.19. The van der Waals surface area contributed by atoms with Crippen molar-refractivity contribution in [3.63, 3.8) is 0 Å². The number of anilines is 1. The fourth-order valence-corrected chi connectivity index (χ4v) is 2.96. The van der Waals surface area contributed by atoms with Crippen molar-refractivity contribution in [3.8, 4) is 0 Å². The highest BCUT2D eigenvalue weighted by Gasteiger charge is 2.17. The van der Waals surface area contributed by atoms with Gasteiger partial charge in [-0.25, -0.2) is 4.98 Å². The molecule has 17 heavy (non-hydrogen) atoms. The number of ketones is 1. The number of nitrogens with one attached hydrogen (secondary N) is 2. The van der Waals surface area contributed by atoms with Crippen LogP contribution in [-0.2, 0) is 10.0 Å². The van der Waals surface area contributed by atoms with Gasteiger partial charge in [0, 0.05) is 12.3 Å². The van der Waals surface area contributed by atoms with E-state index >= 15 is 0 Å². The molecule has 9 heteroatoms. The van der Waals surface area contributed by atoms with Crippen LogP contribution >= 0.6 is 11.3 Å². The Morgan fingerprint density at radius 1 is 1.53 bits per heavy atom.